The average molecular weight is 372 g/mol. The van der Waals surface area contributed by atoms with Gasteiger partial charge in [0.05, 0.1) is 12.1 Å². The van der Waals surface area contributed by atoms with Crippen LogP contribution in [0.4, 0.5) is 0 Å². The van der Waals surface area contributed by atoms with Crippen LogP contribution in [0, 0.1) is 11.3 Å². The van der Waals surface area contributed by atoms with Gasteiger partial charge in [-0.15, -0.1) is 10.2 Å². The van der Waals surface area contributed by atoms with Crippen molar-refractivity contribution in [2.75, 3.05) is 7.11 Å². The number of rotatable bonds is 5. The molecule has 3 aromatic rings. The molecule has 0 N–H and O–H groups in total. The SMILES string of the molecule is CCn1c(Sc2ccc(Cl)c(C#N)n2)nnc1-c1ccc(OC)cc1. The van der Waals surface area contributed by atoms with Gasteiger partial charge in [-0.25, -0.2) is 4.98 Å². The van der Waals surface area contributed by atoms with Crippen LogP contribution in [0.1, 0.15) is 12.6 Å². The minimum Gasteiger partial charge on any atom is -0.497 e. The predicted molar refractivity (Wildman–Crippen MR) is 95.8 cm³/mol. The maximum atomic E-state index is 9.06. The first-order valence-electron chi connectivity index (χ1n) is 7.48. The lowest BCUT2D eigenvalue weighted by molar-refractivity contribution is 0.415. The highest BCUT2D eigenvalue weighted by Gasteiger charge is 2.15. The van der Waals surface area contributed by atoms with Crippen LogP contribution in [0.25, 0.3) is 11.4 Å². The molecule has 0 aliphatic heterocycles. The Hall–Kier alpha value is -2.56. The number of nitrogens with zero attached hydrogens (tertiary/aromatic N) is 5. The molecule has 2 aromatic heterocycles. The highest BCUT2D eigenvalue weighted by atomic mass is 35.5. The molecule has 0 aliphatic rings. The van der Waals surface area contributed by atoms with Crippen LogP contribution in [0.15, 0.2) is 46.6 Å². The average Bonchev–Trinajstić information content (AvgIpc) is 3.05. The standard InChI is InChI=1S/C17H14ClN5OS/c1-3-23-16(11-4-6-12(24-2)7-5-11)21-22-17(23)25-15-9-8-13(18)14(10-19)20-15/h4-9H,3H2,1-2H3. The largest absolute Gasteiger partial charge is 0.497 e. The summed E-state index contributed by atoms with van der Waals surface area (Å²) in [5.41, 5.74) is 1.15. The van der Waals surface area contributed by atoms with Gasteiger partial charge in [0.2, 0.25) is 0 Å². The smallest absolute Gasteiger partial charge is 0.197 e. The van der Waals surface area contributed by atoms with E-state index in [9.17, 15) is 0 Å². The van der Waals surface area contributed by atoms with Crippen molar-refractivity contribution in [1.82, 2.24) is 19.7 Å². The van der Waals surface area contributed by atoms with Gasteiger partial charge < -0.3 is 9.30 Å². The van der Waals surface area contributed by atoms with E-state index in [2.05, 4.69) is 15.2 Å². The fourth-order valence-electron chi connectivity index (χ4n) is 2.26. The molecule has 0 aliphatic carbocycles. The molecule has 8 heteroatoms. The maximum Gasteiger partial charge on any atom is 0.197 e. The molecule has 6 nitrogen and oxygen atoms in total. The van der Waals surface area contributed by atoms with Gasteiger partial charge in [0.25, 0.3) is 0 Å². The molecule has 0 unspecified atom stereocenters. The second-order valence-electron chi connectivity index (χ2n) is 4.97. The third kappa shape index (κ3) is 3.60. The molecule has 0 radical (unpaired) electrons. The van der Waals surface area contributed by atoms with Gasteiger partial charge in [-0.3, -0.25) is 0 Å². The van der Waals surface area contributed by atoms with E-state index in [0.717, 1.165) is 17.1 Å². The van der Waals surface area contributed by atoms with Crippen LogP contribution >= 0.6 is 23.4 Å². The van der Waals surface area contributed by atoms with Gasteiger partial charge in [0, 0.05) is 12.1 Å². The van der Waals surface area contributed by atoms with E-state index < -0.39 is 0 Å². The maximum absolute atomic E-state index is 9.06. The van der Waals surface area contributed by atoms with Crippen LogP contribution < -0.4 is 4.74 Å². The summed E-state index contributed by atoms with van der Waals surface area (Å²) >= 11 is 7.27. The Kier molecular flexibility index (Phi) is 5.22. The fourth-order valence-corrected chi connectivity index (χ4v) is 3.27. The number of hydrogen-bond acceptors (Lipinski definition) is 6. The lowest BCUT2D eigenvalue weighted by Crippen LogP contribution is -2.00. The predicted octanol–water partition coefficient (Wildman–Crippen LogP) is 4.04. The van der Waals surface area contributed by atoms with E-state index in [1.807, 2.05) is 41.8 Å². The van der Waals surface area contributed by atoms with E-state index >= 15 is 0 Å². The molecule has 0 bridgehead atoms. The molecule has 1 aromatic carbocycles. The fraction of sp³-hybridized carbons (Fsp3) is 0.176. The summed E-state index contributed by atoms with van der Waals surface area (Å²) in [6, 6.07) is 13.1. The number of benzene rings is 1. The first-order chi connectivity index (χ1) is 12.2. The highest BCUT2D eigenvalue weighted by Crippen LogP contribution is 2.30. The van der Waals surface area contributed by atoms with Gasteiger partial charge >= 0.3 is 0 Å². The Morgan fingerprint density at radius 3 is 2.60 bits per heavy atom. The molecule has 0 saturated carbocycles. The number of ether oxygens (including phenoxy) is 1. The Morgan fingerprint density at radius 1 is 1.20 bits per heavy atom. The van der Waals surface area contributed by atoms with E-state index in [-0.39, 0.29) is 5.69 Å². The molecule has 0 spiro atoms. The number of nitriles is 1. The quantitative estimate of drug-likeness (QED) is 0.673. The van der Waals surface area contributed by atoms with Gasteiger partial charge in [-0.2, -0.15) is 5.26 Å². The van der Waals surface area contributed by atoms with Crippen molar-refractivity contribution in [1.29, 1.82) is 5.26 Å². The zero-order valence-electron chi connectivity index (χ0n) is 13.6. The van der Waals surface area contributed by atoms with E-state index in [0.29, 0.717) is 21.7 Å². The number of aromatic nitrogens is 4. The third-order valence-electron chi connectivity index (χ3n) is 3.50. The van der Waals surface area contributed by atoms with Gasteiger partial charge in [0.15, 0.2) is 16.7 Å². The highest BCUT2D eigenvalue weighted by molar-refractivity contribution is 7.99. The number of hydrogen-bond donors (Lipinski definition) is 0. The van der Waals surface area contributed by atoms with E-state index in [1.54, 1.807) is 19.2 Å². The molecule has 0 saturated heterocycles. The minimum atomic E-state index is 0.199. The third-order valence-corrected chi connectivity index (χ3v) is 4.73. The van der Waals surface area contributed by atoms with Crippen molar-refractivity contribution < 1.29 is 4.74 Å². The number of methoxy groups -OCH3 is 1. The molecule has 126 valence electrons. The van der Waals surface area contributed by atoms with Crippen molar-refractivity contribution in [3.8, 4) is 23.2 Å². The van der Waals surface area contributed by atoms with Crippen LogP contribution in [0.2, 0.25) is 5.02 Å². The molecule has 0 atom stereocenters. The second-order valence-corrected chi connectivity index (χ2v) is 6.37. The summed E-state index contributed by atoms with van der Waals surface area (Å²) in [6.45, 7) is 2.73. The Balaban J connectivity index is 1.93. The molecule has 3 rings (SSSR count). The first kappa shape index (κ1) is 17.3. The zero-order chi connectivity index (χ0) is 17.8. The summed E-state index contributed by atoms with van der Waals surface area (Å²) < 4.78 is 7.18. The summed E-state index contributed by atoms with van der Waals surface area (Å²) in [5, 5.41) is 19.3. The molecular weight excluding hydrogens is 358 g/mol. The normalized spacial score (nSPS) is 10.5. The molecule has 0 amide bonds. The molecule has 2 heterocycles. The Bertz CT molecular complexity index is 933. The van der Waals surface area contributed by atoms with Crippen LogP contribution in [0.5, 0.6) is 5.75 Å². The van der Waals surface area contributed by atoms with E-state index in [1.165, 1.54) is 11.8 Å². The number of halogens is 1. The second kappa shape index (κ2) is 7.55. The van der Waals surface area contributed by atoms with Gasteiger partial charge in [-0.1, -0.05) is 11.6 Å². The zero-order valence-corrected chi connectivity index (χ0v) is 15.2. The van der Waals surface area contributed by atoms with Crippen LogP contribution in [0.3, 0.4) is 0 Å². The summed E-state index contributed by atoms with van der Waals surface area (Å²) in [6.07, 6.45) is 0. The van der Waals surface area contributed by atoms with Crippen molar-refractivity contribution in [2.24, 2.45) is 0 Å². The van der Waals surface area contributed by atoms with Crippen LogP contribution in [-0.2, 0) is 6.54 Å². The molecule has 0 fully saturated rings. The lowest BCUT2D eigenvalue weighted by Gasteiger charge is -2.08. The minimum absolute atomic E-state index is 0.199. The van der Waals surface area contributed by atoms with Crippen molar-refractivity contribution in [2.45, 2.75) is 23.7 Å². The molecular formula is C17H14ClN5OS. The topological polar surface area (TPSA) is 76.6 Å². The van der Waals surface area contributed by atoms with Crippen molar-refractivity contribution >= 4 is 23.4 Å². The van der Waals surface area contributed by atoms with Crippen LogP contribution in [-0.4, -0.2) is 26.9 Å². The summed E-state index contributed by atoms with van der Waals surface area (Å²) in [7, 11) is 1.63. The lowest BCUT2D eigenvalue weighted by atomic mass is 10.2. The van der Waals surface area contributed by atoms with Gasteiger partial charge in [0.1, 0.15) is 16.8 Å². The summed E-state index contributed by atoms with van der Waals surface area (Å²) in [5.74, 6) is 1.55. The van der Waals surface area contributed by atoms with Crippen molar-refractivity contribution in [3.05, 3.63) is 47.1 Å². The van der Waals surface area contributed by atoms with Gasteiger partial charge in [-0.05, 0) is 55.1 Å². The van der Waals surface area contributed by atoms with Crippen molar-refractivity contribution in [3.63, 3.8) is 0 Å². The Labute approximate surface area is 154 Å². The number of pyridine rings is 1. The first-order valence-corrected chi connectivity index (χ1v) is 8.67. The monoisotopic (exact) mass is 371 g/mol. The van der Waals surface area contributed by atoms with E-state index in [4.69, 9.17) is 21.6 Å². The Morgan fingerprint density at radius 2 is 1.96 bits per heavy atom. The molecule has 25 heavy (non-hydrogen) atoms. The summed E-state index contributed by atoms with van der Waals surface area (Å²) in [4.78, 5) is 4.24.